The molecule has 0 fully saturated rings. The topological polar surface area (TPSA) is 60.7 Å². The first-order chi connectivity index (χ1) is 14.9. The number of benzene rings is 2. The quantitative estimate of drug-likeness (QED) is 0.593. The molecule has 31 heavy (non-hydrogen) atoms. The lowest BCUT2D eigenvalue weighted by Gasteiger charge is -2.24. The van der Waals surface area contributed by atoms with Gasteiger partial charge in [-0.25, -0.2) is 9.79 Å². The van der Waals surface area contributed by atoms with Crippen molar-refractivity contribution in [2.75, 3.05) is 7.11 Å². The lowest BCUT2D eigenvalue weighted by Crippen LogP contribution is -2.39. The van der Waals surface area contributed by atoms with Crippen molar-refractivity contribution in [1.29, 1.82) is 0 Å². The summed E-state index contributed by atoms with van der Waals surface area (Å²) in [7, 11) is 1.34. The minimum atomic E-state index is -0.574. The van der Waals surface area contributed by atoms with Crippen LogP contribution < -0.4 is 14.9 Å². The van der Waals surface area contributed by atoms with Gasteiger partial charge in [-0.2, -0.15) is 0 Å². The van der Waals surface area contributed by atoms with Crippen molar-refractivity contribution in [2.45, 2.75) is 32.7 Å². The van der Waals surface area contributed by atoms with Gasteiger partial charge in [-0.1, -0.05) is 79.8 Å². The Morgan fingerprint density at radius 1 is 1.13 bits per heavy atom. The van der Waals surface area contributed by atoms with Crippen LogP contribution in [0, 0.1) is 0 Å². The van der Waals surface area contributed by atoms with Crippen LogP contribution in [0.3, 0.4) is 0 Å². The van der Waals surface area contributed by atoms with Gasteiger partial charge in [0.05, 0.1) is 29.0 Å². The highest BCUT2D eigenvalue weighted by Crippen LogP contribution is 2.30. The van der Waals surface area contributed by atoms with E-state index in [0.717, 1.165) is 11.1 Å². The van der Waals surface area contributed by atoms with Crippen molar-refractivity contribution in [2.24, 2.45) is 4.99 Å². The third-order valence-electron chi connectivity index (χ3n) is 5.44. The maximum Gasteiger partial charge on any atom is 0.338 e. The Morgan fingerprint density at radius 3 is 2.42 bits per heavy atom. The largest absolute Gasteiger partial charge is 0.466 e. The lowest BCUT2D eigenvalue weighted by molar-refractivity contribution is -0.136. The molecule has 1 aliphatic heterocycles. The van der Waals surface area contributed by atoms with E-state index in [1.165, 1.54) is 24.0 Å². The smallest absolute Gasteiger partial charge is 0.338 e. The van der Waals surface area contributed by atoms with Crippen LogP contribution in [0.2, 0.25) is 0 Å². The minimum absolute atomic E-state index is 0.167. The second-order valence-corrected chi connectivity index (χ2v) is 8.81. The SMILES string of the molecule is COC(=O)C1=C(C)N=c2s/c(=C\c3ccc(C(C)C)cc3)c(=O)n2C1c1ccccc1. The summed E-state index contributed by atoms with van der Waals surface area (Å²) in [5.74, 6) is -0.0291. The number of aromatic nitrogens is 1. The summed E-state index contributed by atoms with van der Waals surface area (Å²) in [4.78, 5) is 31.2. The molecule has 0 saturated heterocycles. The van der Waals surface area contributed by atoms with E-state index in [-0.39, 0.29) is 5.56 Å². The van der Waals surface area contributed by atoms with Gasteiger partial charge >= 0.3 is 5.97 Å². The van der Waals surface area contributed by atoms with E-state index < -0.39 is 12.0 Å². The number of allylic oxidation sites excluding steroid dienone is 1. The first-order valence-electron chi connectivity index (χ1n) is 10.2. The van der Waals surface area contributed by atoms with Gasteiger partial charge < -0.3 is 4.74 Å². The van der Waals surface area contributed by atoms with Crippen molar-refractivity contribution < 1.29 is 9.53 Å². The number of fused-ring (bicyclic) bond motifs is 1. The summed E-state index contributed by atoms with van der Waals surface area (Å²) < 4.78 is 7.21. The van der Waals surface area contributed by atoms with E-state index in [0.29, 0.717) is 26.5 Å². The Hall–Kier alpha value is -3.25. The zero-order chi connectivity index (χ0) is 22.1. The standard InChI is InChI=1S/C25H24N2O3S/c1-15(2)18-12-10-17(11-13-18)14-20-23(28)27-22(19-8-6-5-7-9-19)21(24(29)30-4)16(3)26-25(27)31-20/h5-15,22H,1-4H3/b20-14-. The third-order valence-corrected chi connectivity index (χ3v) is 6.43. The van der Waals surface area contributed by atoms with Crippen LogP contribution in [0.1, 0.15) is 49.4 Å². The number of rotatable bonds is 4. The number of thiazole rings is 1. The molecule has 4 rings (SSSR count). The highest BCUT2D eigenvalue weighted by atomic mass is 32.1. The van der Waals surface area contributed by atoms with Crippen LogP contribution in [-0.2, 0) is 9.53 Å². The molecule has 1 aromatic heterocycles. The fourth-order valence-corrected chi connectivity index (χ4v) is 4.82. The first kappa shape index (κ1) is 21.0. The first-order valence-corrected chi connectivity index (χ1v) is 11.0. The third kappa shape index (κ3) is 3.91. The molecule has 0 radical (unpaired) electrons. The lowest BCUT2D eigenvalue weighted by atomic mass is 9.96. The average Bonchev–Trinajstić information content (AvgIpc) is 3.07. The molecule has 2 aromatic carbocycles. The molecule has 0 spiro atoms. The molecule has 0 saturated carbocycles. The van der Waals surface area contributed by atoms with Crippen LogP contribution in [0.5, 0.6) is 0 Å². The number of nitrogens with zero attached hydrogens (tertiary/aromatic N) is 2. The fraction of sp³-hybridized carbons (Fsp3) is 0.240. The maximum atomic E-state index is 13.4. The van der Waals surface area contributed by atoms with Crippen molar-refractivity contribution in [3.63, 3.8) is 0 Å². The Labute approximate surface area is 184 Å². The summed E-state index contributed by atoms with van der Waals surface area (Å²) in [5, 5.41) is 0. The fourth-order valence-electron chi connectivity index (χ4n) is 3.77. The van der Waals surface area contributed by atoms with E-state index in [1.807, 2.05) is 48.5 Å². The predicted octanol–water partition coefficient (Wildman–Crippen LogP) is 3.53. The van der Waals surface area contributed by atoms with Crippen molar-refractivity contribution in [3.05, 3.63) is 102 Å². The summed E-state index contributed by atoms with van der Waals surface area (Å²) in [6, 6.07) is 17.2. The molecule has 0 N–H and O–H groups in total. The van der Waals surface area contributed by atoms with Gasteiger partial charge in [0.2, 0.25) is 0 Å². The summed E-state index contributed by atoms with van der Waals surface area (Å²) in [6.07, 6.45) is 1.88. The molecular formula is C25H24N2O3S. The van der Waals surface area contributed by atoms with Gasteiger partial charge in [0.25, 0.3) is 5.56 Å². The van der Waals surface area contributed by atoms with E-state index in [9.17, 15) is 9.59 Å². The van der Waals surface area contributed by atoms with Crippen LogP contribution in [0.4, 0.5) is 0 Å². The molecular weight excluding hydrogens is 408 g/mol. The van der Waals surface area contributed by atoms with Crippen molar-refractivity contribution in [1.82, 2.24) is 4.57 Å². The van der Waals surface area contributed by atoms with Crippen LogP contribution in [-0.4, -0.2) is 17.6 Å². The number of hydrogen-bond acceptors (Lipinski definition) is 5. The Balaban J connectivity index is 1.91. The highest BCUT2D eigenvalue weighted by Gasteiger charge is 2.32. The van der Waals surface area contributed by atoms with Gasteiger partial charge in [0.15, 0.2) is 4.80 Å². The van der Waals surface area contributed by atoms with Crippen LogP contribution >= 0.6 is 11.3 Å². The number of carbonyl (C=O) groups is 1. The molecule has 3 aromatic rings. The second kappa shape index (κ2) is 8.47. The minimum Gasteiger partial charge on any atom is -0.466 e. The molecule has 5 nitrogen and oxygen atoms in total. The zero-order valence-electron chi connectivity index (χ0n) is 18.0. The molecule has 158 valence electrons. The molecule has 6 heteroatoms. The number of hydrogen-bond donors (Lipinski definition) is 0. The zero-order valence-corrected chi connectivity index (χ0v) is 18.8. The second-order valence-electron chi connectivity index (χ2n) is 7.81. The number of esters is 1. The number of carbonyl (C=O) groups excluding carboxylic acids is 1. The van der Waals surface area contributed by atoms with Gasteiger partial charge in [0.1, 0.15) is 0 Å². The molecule has 2 heterocycles. The number of ether oxygens (including phenoxy) is 1. The van der Waals surface area contributed by atoms with Crippen LogP contribution in [0.15, 0.2) is 75.7 Å². The average molecular weight is 433 g/mol. The van der Waals surface area contributed by atoms with Crippen LogP contribution in [0.25, 0.3) is 6.08 Å². The monoisotopic (exact) mass is 432 g/mol. The molecule has 0 bridgehead atoms. The van der Waals surface area contributed by atoms with Gasteiger partial charge in [-0.15, -0.1) is 0 Å². The summed E-state index contributed by atoms with van der Waals surface area (Å²) in [6.45, 7) is 6.08. The molecule has 1 unspecified atom stereocenters. The van der Waals surface area contributed by atoms with Gasteiger partial charge in [-0.3, -0.25) is 9.36 Å². The highest BCUT2D eigenvalue weighted by molar-refractivity contribution is 7.07. The number of methoxy groups -OCH3 is 1. The predicted molar refractivity (Wildman–Crippen MR) is 123 cm³/mol. The van der Waals surface area contributed by atoms with Crippen molar-refractivity contribution in [3.8, 4) is 0 Å². The maximum absolute atomic E-state index is 13.4. The van der Waals surface area contributed by atoms with E-state index >= 15 is 0 Å². The molecule has 1 atom stereocenters. The van der Waals surface area contributed by atoms with Gasteiger partial charge in [-0.05, 0) is 35.6 Å². The molecule has 1 aliphatic rings. The van der Waals surface area contributed by atoms with E-state index in [2.05, 4.69) is 31.0 Å². The summed E-state index contributed by atoms with van der Waals surface area (Å²) >= 11 is 1.33. The normalized spacial score (nSPS) is 16.3. The van der Waals surface area contributed by atoms with E-state index in [1.54, 1.807) is 11.5 Å². The Bertz CT molecular complexity index is 1330. The van der Waals surface area contributed by atoms with Gasteiger partial charge in [0, 0.05) is 0 Å². The molecule has 0 amide bonds. The Kier molecular flexibility index (Phi) is 5.74. The van der Waals surface area contributed by atoms with Crippen molar-refractivity contribution >= 4 is 23.4 Å². The Morgan fingerprint density at radius 2 is 1.81 bits per heavy atom. The van der Waals surface area contributed by atoms with E-state index in [4.69, 9.17) is 4.74 Å². The summed E-state index contributed by atoms with van der Waals surface area (Å²) in [5.41, 5.74) is 3.82. The molecule has 0 aliphatic carbocycles.